The zero-order valence-corrected chi connectivity index (χ0v) is 15.3. The van der Waals surface area contributed by atoms with Crippen molar-refractivity contribution in [3.05, 3.63) is 64.8 Å². The number of rotatable bonds is 4. The number of hydrogen-bond donors (Lipinski definition) is 1. The Bertz CT molecular complexity index is 1030. The zero-order valence-electron chi connectivity index (χ0n) is 15.3. The molecule has 1 aromatic heterocycles. The molecule has 0 spiro atoms. The van der Waals surface area contributed by atoms with Crippen molar-refractivity contribution in [3.63, 3.8) is 0 Å². The molecule has 1 atom stereocenters. The summed E-state index contributed by atoms with van der Waals surface area (Å²) in [4.78, 5) is 41.0. The first-order valence-corrected chi connectivity index (χ1v) is 8.37. The van der Waals surface area contributed by atoms with Crippen LogP contribution in [-0.4, -0.2) is 39.6 Å². The third-order valence-electron chi connectivity index (χ3n) is 4.57. The number of benzene rings is 1. The Balaban J connectivity index is 1.90. The van der Waals surface area contributed by atoms with Gasteiger partial charge in [0.05, 0.1) is 18.5 Å². The van der Waals surface area contributed by atoms with Crippen LogP contribution in [0, 0.1) is 12.4 Å². The first kappa shape index (κ1) is 19.1. The molecule has 1 unspecified atom stereocenters. The lowest BCUT2D eigenvalue weighted by Gasteiger charge is -2.34. The summed E-state index contributed by atoms with van der Waals surface area (Å²) >= 11 is 0. The Morgan fingerprint density at radius 3 is 2.68 bits per heavy atom. The van der Waals surface area contributed by atoms with Gasteiger partial charge in [-0.3, -0.25) is 14.5 Å². The van der Waals surface area contributed by atoms with Gasteiger partial charge in [0.1, 0.15) is 5.82 Å². The minimum absolute atomic E-state index is 0.00734. The first-order chi connectivity index (χ1) is 13.2. The molecule has 9 heteroatoms. The Labute approximate surface area is 160 Å². The highest BCUT2D eigenvalue weighted by atomic mass is 19.1. The number of amides is 1. The molecule has 1 aliphatic heterocycles. The summed E-state index contributed by atoms with van der Waals surface area (Å²) in [6.07, 6.45) is 2.44. The second-order valence-corrected chi connectivity index (χ2v) is 6.66. The highest BCUT2D eigenvalue weighted by molar-refractivity contribution is 5.98. The van der Waals surface area contributed by atoms with Gasteiger partial charge < -0.3 is 5.73 Å². The van der Waals surface area contributed by atoms with Crippen molar-refractivity contribution in [3.8, 4) is 0 Å². The summed E-state index contributed by atoms with van der Waals surface area (Å²) in [5, 5.41) is 0. The fourth-order valence-electron chi connectivity index (χ4n) is 2.95. The minimum atomic E-state index is -1.16. The molecule has 142 valence electrons. The van der Waals surface area contributed by atoms with Gasteiger partial charge in [-0.2, -0.15) is 0 Å². The van der Waals surface area contributed by atoms with Gasteiger partial charge in [0, 0.05) is 31.4 Å². The molecular weight excluding hydrogens is 363 g/mol. The van der Waals surface area contributed by atoms with Crippen molar-refractivity contribution in [2.45, 2.75) is 25.3 Å². The van der Waals surface area contributed by atoms with Crippen LogP contribution in [0.4, 0.5) is 10.1 Å². The van der Waals surface area contributed by atoms with Gasteiger partial charge in [-0.15, -0.1) is 0 Å². The number of nitrogens with zero attached hydrogens (tertiary/aromatic N) is 5. The number of aromatic nitrogens is 2. The van der Waals surface area contributed by atoms with Gasteiger partial charge in [-0.05, 0) is 24.6 Å². The average molecular weight is 380 g/mol. The lowest BCUT2D eigenvalue weighted by atomic mass is 9.86. The highest BCUT2D eigenvalue weighted by Gasteiger charge is 2.38. The Kier molecular flexibility index (Phi) is 4.88. The molecule has 28 heavy (non-hydrogen) atoms. The van der Waals surface area contributed by atoms with E-state index in [1.165, 1.54) is 42.5 Å². The topological polar surface area (TPSA) is 106 Å². The Hall–Kier alpha value is -3.67. The first-order valence-electron chi connectivity index (χ1n) is 8.37. The fraction of sp³-hybridized carbons (Fsp3) is 0.263. The molecule has 0 radical (unpaired) electrons. The van der Waals surface area contributed by atoms with E-state index in [1.807, 2.05) is 0 Å². The number of ketones is 1. The minimum Gasteiger partial charge on any atom is -0.369 e. The molecule has 0 saturated heterocycles. The molecular formula is C19H17FN6O2. The van der Waals surface area contributed by atoms with E-state index >= 15 is 0 Å². The van der Waals surface area contributed by atoms with E-state index in [2.05, 4.69) is 19.8 Å². The van der Waals surface area contributed by atoms with Crippen LogP contribution >= 0.6 is 0 Å². The molecule has 3 rings (SSSR count). The van der Waals surface area contributed by atoms with Crippen LogP contribution in [0.25, 0.3) is 4.85 Å². The number of guanidine groups is 1. The molecule has 2 heterocycles. The molecule has 2 N–H and O–H groups in total. The standard InChI is InChI=1S/C19H17FN6O2/c1-19(8-16(28)26(3)18(21)25-19)13-6-11(4-5-14(13)20)7-15(27)17-23-9-12(22-2)10-24-17/h4-6,9-10H,7-8H2,1,3H3,(H2,21,25). The SMILES string of the molecule is [C-]#[N+]c1cnc(C(=O)Cc2ccc(F)c(C3(C)CC(=O)N(C)C(N)=N3)c2)nc1. The summed E-state index contributed by atoms with van der Waals surface area (Å²) in [6, 6.07) is 4.23. The van der Waals surface area contributed by atoms with Crippen LogP contribution in [0.15, 0.2) is 35.6 Å². The quantitative estimate of drug-likeness (QED) is 0.645. The molecule has 2 aromatic rings. The van der Waals surface area contributed by atoms with Crippen molar-refractivity contribution in [1.82, 2.24) is 14.9 Å². The lowest BCUT2D eigenvalue weighted by molar-refractivity contribution is -0.128. The summed E-state index contributed by atoms with van der Waals surface area (Å²) in [6.45, 7) is 8.51. The number of carbonyl (C=O) groups excluding carboxylic acids is 2. The van der Waals surface area contributed by atoms with E-state index in [0.717, 1.165) is 0 Å². The van der Waals surface area contributed by atoms with E-state index < -0.39 is 11.4 Å². The summed E-state index contributed by atoms with van der Waals surface area (Å²) < 4.78 is 14.5. The third kappa shape index (κ3) is 3.57. The van der Waals surface area contributed by atoms with Gasteiger partial charge in [0.15, 0.2) is 11.8 Å². The number of aliphatic imine (C=N–C) groups is 1. The van der Waals surface area contributed by atoms with Crippen LogP contribution in [0.5, 0.6) is 0 Å². The molecule has 0 aliphatic carbocycles. The lowest BCUT2D eigenvalue weighted by Crippen LogP contribution is -2.47. The number of halogens is 1. The normalized spacial score (nSPS) is 19.1. The fourth-order valence-corrected chi connectivity index (χ4v) is 2.95. The molecule has 1 aromatic carbocycles. The maximum Gasteiger partial charge on any atom is 0.231 e. The predicted octanol–water partition coefficient (Wildman–Crippen LogP) is 1.98. The number of Topliss-reactive ketones (excluding diaryl/α,β-unsaturated/α-hetero) is 1. The van der Waals surface area contributed by atoms with Gasteiger partial charge in [-0.1, -0.05) is 6.07 Å². The number of carbonyl (C=O) groups is 2. The van der Waals surface area contributed by atoms with Crippen LogP contribution in [0.3, 0.4) is 0 Å². The van der Waals surface area contributed by atoms with Gasteiger partial charge in [0.25, 0.3) is 0 Å². The van der Waals surface area contributed by atoms with Crippen molar-refractivity contribution in [2.24, 2.45) is 10.7 Å². The van der Waals surface area contributed by atoms with E-state index in [4.69, 9.17) is 12.3 Å². The maximum absolute atomic E-state index is 14.5. The number of hydrogen-bond acceptors (Lipinski definition) is 6. The highest BCUT2D eigenvalue weighted by Crippen LogP contribution is 2.35. The molecule has 1 amide bonds. The van der Waals surface area contributed by atoms with Gasteiger partial charge in [0.2, 0.25) is 17.4 Å². The summed E-state index contributed by atoms with van der Waals surface area (Å²) in [7, 11) is 1.51. The van der Waals surface area contributed by atoms with Crippen LogP contribution in [0.2, 0.25) is 0 Å². The van der Waals surface area contributed by atoms with Crippen molar-refractivity contribution in [2.75, 3.05) is 7.05 Å². The van der Waals surface area contributed by atoms with Gasteiger partial charge >= 0.3 is 0 Å². The van der Waals surface area contributed by atoms with Gasteiger partial charge in [-0.25, -0.2) is 24.2 Å². The summed E-state index contributed by atoms with van der Waals surface area (Å²) in [5.41, 5.74) is 5.58. The predicted molar refractivity (Wildman–Crippen MR) is 99.1 cm³/mol. The zero-order chi connectivity index (χ0) is 20.5. The summed E-state index contributed by atoms with van der Waals surface area (Å²) in [5.74, 6) is -1.20. The Morgan fingerprint density at radius 1 is 1.39 bits per heavy atom. The average Bonchev–Trinajstić information content (AvgIpc) is 2.67. The van der Waals surface area contributed by atoms with E-state index in [9.17, 15) is 14.0 Å². The van der Waals surface area contributed by atoms with Crippen LogP contribution in [0.1, 0.15) is 35.1 Å². The monoisotopic (exact) mass is 380 g/mol. The maximum atomic E-state index is 14.5. The molecule has 0 saturated carbocycles. The van der Waals surface area contributed by atoms with Crippen LogP contribution < -0.4 is 5.73 Å². The van der Waals surface area contributed by atoms with Crippen molar-refractivity contribution in [1.29, 1.82) is 0 Å². The van der Waals surface area contributed by atoms with E-state index in [-0.39, 0.29) is 47.6 Å². The third-order valence-corrected chi connectivity index (χ3v) is 4.57. The number of nitrogens with two attached hydrogens (primary N) is 1. The van der Waals surface area contributed by atoms with Crippen molar-refractivity contribution >= 4 is 23.3 Å². The largest absolute Gasteiger partial charge is 0.369 e. The van der Waals surface area contributed by atoms with E-state index in [0.29, 0.717) is 5.56 Å². The molecule has 8 nitrogen and oxygen atoms in total. The van der Waals surface area contributed by atoms with Crippen molar-refractivity contribution < 1.29 is 14.0 Å². The molecule has 1 aliphatic rings. The van der Waals surface area contributed by atoms with Crippen LogP contribution in [-0.2, 0) is 16.8 Å². The molecule has 0 bridgehead atoms. The molecule has 0 fully saturated rings. The second-order valence-electron chi connectivity index (χ2n) is 6.66. The smallest absolute Gasteiger partial charge is 0.231 e. The van der Waals surface area contributed by atoms with E-state index in [1.54, 1.807) is 6.92 Å². The second kappa shape index (κ2) is 7.15. The Morgan fingerprint density at radius 2 is 2.07 bits per heavy atom.